The second-order valence-electron chi connectivity index (χ2n) is 5.54. The van der Waals surface area contributed by atoms with Crippen molar-refractivity contribution in [2.75, 3.05) is 59.0 Å². The summed E-state index contributed by atoms with van der Waals surface area (Å²) in [5.41, 5.74) is 0. The van der Waals surface area contributed by atoms with Gasteiger partial charge in [-0.25, -0.2) is 0 Å². The molecule has 0 atom stereocenters. The summed E-state index contributed by atoms with van der Waals surface area (Å²) in [6, 6.07) is 0. The minimum absolute atomic E-state index is 0.117. The van der Waals surface area contributed by atoms with Crippen molar-refractivity contribution < 1.29 is 22.7 Å². The van der Waals surface area contributed by atoms with Gasteiger partial charge in [0.2, 0.25) is 5.91 Å². The van der Waals surface area contributed by atoms with Gasteiger partial charge < -0.3 is 15.0 Å². The predicted octanol–water partition coefficient (Wildman–Crippen LogP) is 0.319. The zero-order valence-corrected chi connectivity index (χ0v) is 12.0. The number of hydrogen-bond acceptors (Lipinski definition) is 4. The lowest BCUT2D eigenvalue weighted by Gasteiger charge is -2.38. The minimum atomic E-state index is -4.25. The van der Waals surface area contributed by atoms with Crippen LogP contribution in [0.5, 0.6) is 0 Å². The lowest BCUT2D eigenvalue weighted by Crippen LogP contribution is -2.56. The lowest BCUT2D eigenvalue weighted by atomic mass is 10.0. The Morgan fingerprint density at radius 1 is 1.19 bits per heavy atom. The van der Waals surface area contributed by atoms with Crippen LogP contribution in [0.2, 0.25) is 0 Å². The number of halogens is 3. The Labute approximate surface area is 122 Å². The molecule has 2 fully saturated rings. The molecule has 5 nitrogen and oxygen atoms in total. The molecule has 8 heteroatoms. The summed E-state index contributed by atoms with van der Waals surface area (Å²) in [4.78, 5) is 16.1. The van der Waals surface area contributed by atoms with Gasteiger partial charge in [-0.3, -0.25) is 9.69 Å². The quantitative estimate of drug-likeness (QED) is 0.718. The zero-order valence-electron chi connectivity index (χ0n) is 12.0. The molecule has 0 aromatic rings. The standard InChI is InChI=1S/C13H22F3N3O2/c14-13(15,16)10-21-7-1-2-18-3-5-19(6-4-18)12(20)11-8-17-9-11/h11,17H,1-10H2. The van der Waals surface area contributed by atoms with Gasteiger partial charge in [-0.05, 0) is 6.42 Å². The molecule has 0 unspecified atom stereocenters. The molecule has 0 aromatic carbocycles. The Kier molecular flexibility index (Phi) is 5.83. The summed E-state index contributed by atoms with van der Waals surface area (Å²) in [6.07, 6.45) is -3.67. The second kappa shape index (κ2) is 7.42. The van der Waals surface area contributed by atoms with Crippen LogP contribution in [0.4, 0.5) is 13.2 Å². The van der Waals surface area contributed by atoms with Gasteiger partial charge in [0.15, 0.2) is 0 Å². The van der Waals surface area contributed by atoms with Crippen LogP contribution >= 0.6 is 0 Å². The third-order valence-corrected chi connectivity index (χ3v) is 3.84. The van der Waals surface area contributed by atoms with Crippen molar-refractivity contribution in [3.05, 3.63) is 0 Å². The molecule has 1 amide bonds. The van der Waals surface area contributed by atoms with E-state index in [1.54, 1.807) is 0 Å². The number of carbonyl (C=O) groups excluding carboxylic acids is 1. The van der Waals surface area contributed by atoms with Gasteiger partial charge in [0.1, 0.15) is 6.61 Å². The highest BCUT2D eigenvalue weighted by Gasteiger charge is 2.31. The van der Waals surface area contributed by atoms with Gasteiger partial charge >= 0.3 is 6.18 Å². The Balaban J connectivity index is 1.54. The number of nitrogens with one attached hydrogen (secondary N) is 1. The van der Waals surface area contributed by atoms with Gasteiger partial charge in [0.25, 0.3) is 0 Å². The highest BCUT2D eigenvalue weighted by molar-refractivity contribution is 5.80. The van der Waals surface area contributed by atoms with Crippen LogP contribution in [0.25, 0.3) is 0 Å². The highest BCUT2D eigenvalue weighted by atomic mass is 19.4. The molecule has 122 valence electrons. The molecular formula is C13H22F3N3O2. The Morgan fingerprint density at radius 2 is 1.86 bits per heavy atom. The van der Waals surface area contributed by atoms with Crippen molar-refractivity contribution in [1.82, 2.24) is 15.1 Å². The van der Waals surface area contributed by atoms with Crippen molar-refractivity contribution in [3.8, 4) is 0 Å². The topological polar surface area (TPSA) is 44.8 Å². The number of piperazine rings is 1. The fraction of sp³-hybridized carbons (Fsp3) is 0.923. The Hall–Kier alpha value is -0.860. The van der Waals surface area contributed by atoms with E-state index in [1.807, 2.05) is 4.90 Å². The van der Waals surface area contributed by atoms with E-state index in [9.17, 15) is 18.0 Å². The molecule has 0 spiro atoms. The summed E-state index contributed by atoms with van der Waals surface area (Å²) >= 11 is 0. The minimum Gasteiger partial charge on any atom is -0.372 e. The molecule has 0 saturated carbocycles. The van der Waals surface area contributed by atoms with E-state index >= 15 is 0 Å². The van der Waals surface area contributed by atoms with Crippen LogP contribution in [-0.2, 0) is 9.53 Å². The Morgan fingerprint density at radius 3 is 2.38 bits per heavy atom. The number of carbonyl (C=O) groups is 1. The van der Waals surface area contributed by atoms with Crippen LogP contribution in [0, 0.1) is 5.92 Å². The number of hydrogen-bond donors (Lipinski definition) is 1. The van der Waals surface area contributed by atoms with Crippen LogP contribution in [0.1, 0.15) is 6.42 Å². The van der Waals surface area contributed by atoms with Crippen LogP contribution < -0.4 is 5.32 Å². The molecule has 21 heavy (non-hydrogen) atoms. The first kappa shape index (κ1) is 16.5. The number of rotatable bonds is 6. The second-order valence-corrected chi connectivity index (χ2v) is 5.54. The Bertz CT molecular complexity index is 340. The van der Waals surface area contributed by atoms with E-state index in [-0.39, 0.29) is 18.4 Å². The SMILES string of the molecule is O=C(C1CNC1)N1CCN(CCCOCC(F)(F)F)CC1. The predicted molar refractivity (Wildman–Crippen MR) is 70.9 cm³/mol. The molecule has 2 heterocycles. The van der Waals surface area contributed by atoms with Crippen molar-refractivity contribution >= 4 is 5.91 Å². The molecule has 0 bridgehead atoms. The van der Waals surface area contributed by atoms with E-state index in [0.717, 1.165) is 26.2 Å². The molecule has 2 aliphatic heterocycles. The average Bonchev–Trinajstić information content (AvgIpc) is 2.35. The maximum absolute atomic E-state index is 12.0. The van der Waals surface area contributed by atoms with Gasteiger partial charge in [0, 0.05) is 52.4 Å². The van der Waals surface area contributed by atoms with E-state index in [1.165, 1.54) is 0 Å². The molecule has 0 aliphatic carbocycles. The average molecular weight is 309 g/mol. The maximum Gasteiger partial charge on any atom is 0.411 e. The van der Waals surface area contributed by atoms with E-state index in [2.05, 4.69) is 15.0 Å². The number of nitrogens with zero attached hydrogens (tertiary/aromatic N) is 2. The van der Waals surface area contributed by atoms with Crippen molar-refractivity contribution in [2.24, 2.45) is 5.92 Å². The van der Waals surface area contributed by atoms with Crippen LogP contribution in [0.15, 0.2) is 0 Å². The summed E-state index contributed by atoms with van der Waals surface area (Å²) in [7, 11) is 0. The third kappa shape index (κ3) is 5.44. The monoisotopic (exact) mass is 309 g/mol. The third-order valence-electron chi connectivity index (χ3n) is 3.84. The number of ether oxygens (including phenoxy) is 1. The molecule has 2 aliphatic rings. The molecular weight excluding hydrogens is 287 g/mol. The molecule has 0 aromatic heterocycles. The number of amides is 1. The van der Waals surface area contributed by atoms with Crippen molar-refractivity contribution in [3.63, 3.8) is 0 Å². The first-order valence-electron chi connectivity index (χ1n) is 7.32. The summed E-state index contributed by atoms with van der Waals surface area (Å²) in [6.45, 7) is 4.18. The normalized spacial score (nSPS) is 21.4. The van der Waals surface area contributed by atoms with Crippen LogP contribution in [-0.4, -0.2) is 80.9 Å². The molecule has 1 N–H and O–H groups in total. The highest BCUT2D eigenvalue weighted by Crippen LogP contribution is 2.14. The summed E-state index contributed by atoms with van der Waals surface area (Å²) < 4.78 is 40.2. The van der Waals surface area contributed by atoms with Crippen molar-refractivity contribution in [2.45, 2.75) is 12.6 Å². The van der Waals surface area contributed by atoms with E-state index in [0.29, 0.717) is 26.1 Å². The van der Waals surface area contributed by atoms with Gasteiger partial charge in [-0.1, -0.05) is 0 Å². The van der Waals surface area contributed by atoms with Crippen LogP contribution in [0.3, 0.4) is 0 Å². The van der Waals surface area contributed by atoms with Crippen molar-refractivity contribution in [1.29, 1.82) is 0 Å². The molecule has 0 radical (unpaired) electrons. The van der Waals surface area contributed by atoms with Gasteiger partial charge in [0.05, 0.1) is 5.92 Å². The number of alkyl halides is 3. The smallest absolute Gasteiger partial charge is 0.372 e. The van der Waals surface area contributed by atoms with E-state index < -0.39 is 12.8 Å². The fourth-order valence-corrected chi connectivity index (χ4v) is 2.49. The van der Waals surface area contributed by atoms with Gasteiger partial charge in [-0.15, -0.1) is 0 Å². The maximum atomic E-state index is 12.0. The first-order chi connectivity index (χ1) is 9.96. The van der Waals surface area contributed by atoms with E-state index in [4.69, 9.17) is 0 Å². The summed E-state index contributed by atoms with van der Waals surface area (Å²) in [5.74, 6) is 0.356. The lowest BCUT2D eigenvalue weighted by molar-refractivity contribution is -0.174. The van der Waals surface area contributed by atoms with Gasteiger partial charge in [-0.2, -0.15) is 13.2 Å². The fourth-order valence-electron chi connectivity index (χ4n) is 2.49. The molecule has 2 rings (SSSR count). The first-order valence-corrected chi connectivity index (χ1v) is 7.32. The largest absolute Gasteiger partial charge is 0.411 e. The summed E-state index contributed by atoms with van der Waals surface area (Å²) in [5, 5.41) is 3.09. The zero-order chi connectivity index (χ0) is 15.3. The molecule has 2 saturated heterocycles.